The second-order valence-electron chi connectivity index (χ2n) is 6.13. The lowest BCUT2D eigenvalue weighted by atomic mass is 9.97. The van der Waals surface area contributed by atoms with Crippen LogP contribution in [0.3, 0.4) is 0 Å². The van der Waals surface area contributed by atoms with E-state index in [2.05, 4.69) is 0 Å². The maximum absolute atomic E-state index is 12.7. The molecule has 1 heterocycles. The van der Waals surface area contributed by atoms with Gasteiger partial charge >= 0.3 is 0 Å². The van der Waals surface area contributed by atoms with E-state index >= 15 is 0 Å². The molecule has 0 spiro atoms. The molecule has 1 aliphatic rings. The van der Waals surface area contributed by atoms with Crippen LogP contribution in [0.4, 0.5) is 0 Å². The van der Waals surface area contributed by atoms with Crippen LogP contribution in [0.15, 0.2) is 60.7 Å². The van der Waals surface area contributed by atoms with Crippen LogP contribution >= 0.6 is 11.6 Å². The number of fused-ring (bicyclic) bond motifs is 1. The molecule has 0 bridgehead atoms. The third-order valence-corrected chi connectivity index (χ3v) is 4.67. The van der Waals surface area contributed by atoms with Crippen molar-refractivity contribution in [3.05, 3.63) is 81.8 Å². The summed E-state index contributed by atoms with van der Waals surface area (Å²) in [6, 6.07) is 17.3. The van der Waals surface area contributed by atoms with Crippen LogP contribution in [0.2, 0.25) is 5.02 Å². The van der Waals surface area contributed by atoms with Gasteiger partial charge in [0, 0.05) is 21.4 Å². The Kier molecular flexibility index (Phi) is 4.69. The highest BCUT2D eigenvalue weighted by Gasteiger charge is 2.16. The molecule has 0 amide bonds. The summed E-state index contributed by atoms with van der Waals surface area (Å²) < 4.78 is 5.30. The second kappa shape index (κ2) is 7.29. The van der Waals surface area contributed by atoms with Crippen LogP contribution in [0, 0.1) is 0 Å². The number of hydrogen-bond acceptors (Lipinski definition) is 3. The minimum absolute atomic E-state index is 0.292. The third kappa shape index (κ3) is 3.22. The van der Waals surface area contributed by atoms with E-state index in [-0.39, 0.29) is 0 Å². The molecule has 4 rings (SSSR count). The summed E-state index contributed by atoms with van der Waals surface area (Å²) >= 11 is 6.18. The van der Waals surface area contributed by atoms with Crippen molar-refractivity contribution in [1.29, 1.82) is 0 Å². The quantitative estimate of drug-likeness (QED) is 0.703. The number of benzene rings is 2. The molecule has 4 heteroatoms. The Morgan fingerprint density at radius 1 is 1.07 bits per heavy atom. The molecular weight excluding hydrogens is 358 g/mol. The highest BCUT2D eigenvalue weighted by Crippen LogP contribution is 2.25. The molecule has 134 valence electrons. The number of allylic oxidation sites excluding steroid dienone is 1. The summed E-state index contributed by atoms with van der Waals surface area (Å²) in [6.45, 7) is 2.08. The summed E-state index contributed by atoms with van der Waals surface area (Å²) in [7, 11) is 0. The molecule has 0 unspecified atom stereocenters. The Morgan fingerprint density at radius 3 is 2.59 bits per heavy atom. The van der Waals surface area contributed by atoms with Crippen LogP contribution in [-0.4, -0.2) is 11.6 Å². The topological polar surface area (TPSA) is 45.2 Å². The molecule has 0 aliphatic heterocycles. The van der Waals surface area contributed by atoms with Gasteiger partial charge < -0.3 is 9.84 Å². The van der Waals surface area contributed by atoms with Crippen LogP contribution in [0.5, 0.6) is 0 Å². The lowest BCUT2D eigenvalue weighted by molar-refractivity contribution is -0.291. The SMILES string of the molecule is CCO/C([O-])=c1\nc(-c2cccc(Cl)c2)c2c(c1-c1ccccc1)C=CC=2. The predicted molar refractivity (Wildman–Crippen MR) is 108 cm³/mol. The van der Waals surface area contributed by atoms with E-state index in [9.17, 15) is 5.11 Å². The molecule has 1 aromatic heterocycles. The van der Waals surface area contributed by atoms with Crippen molar-refractivity contribution in [2.45, 2.75) is 6.92 Å². The summed E-state index contributed by atoms with van der Waals surface area (Å²) in [5, 5.41) is 14.7. The molecule has 3 aromatic rings. The first-order valence-electron chi connectivity index (χ1n) is 8.77. The Morgan fingerprint density at radius 2 is 1.85 bits per heavy atom. The smallest absolute Gasteiger partial charge is 0.0938 e. The highest BCUT2D eigenvalue weighted by atomic mass is 35.5. The fraction of sp³-hybridized carbons (Fsp3) is 0.0870. The summed E-state index contributed by atoms with van der Waals surface area (Å²) in [6.07, 6.45) is 6.00. The van der Waals surface area contributed by atoms with Gasteiger partial charge in [0.05, 0.1) is 17.0 Å². The molecule has 0 N–H and O–H groups in total. The van der Waals surface area contributed by atoms with Crippen LogP contribution in [-0.2, 0) is 4.74 Å². The van der Waals surface area contributed by atoms with Gasteiger partial charge in [-0.3, -0.25) is 0 Å². The molecule has 0 saturated carbocycles. The van der Waals surface area contributed by atoms with E-state index in [1.807, 2.05) is 72.8 Å². The first-order chi connectivity index (χ1) is 13.2. The minimum atomic E-state index is -0.428. The fourth-order valence-electron chi connectivity index (χ4n) is 3.30. The lowest BCUT2D eigenvalue weighted by Crippen LogP contribution is -2.29. The van der Waals surface area contributed by atoms with Gasteiger partial charge in [-0.2, -0.15) is 0 Å². The zero-order chi connectivity index (χ0) is 18.8. The summed E-state index contributed by atoms with van der Waals surface area (Å²) in [5.41, 5.74) is 4.28. The molecule has 0 atom stereocenters. The Bertz CT molecular complexity index is 1150. The van der Waals surface area contributed by atoms with Gasteiger partial charge in [0.25, 0.3) is 0 Å². The first kappa shape index (κ1) is 17.4. The van der Waals surface area contributed by atoms with Gasteiger partial charge in [0.15, 0.2) is 0 Å². The van der Waals surface area contributed by atoms with Gasteiger partial charge in [-0.05, 0) is 29.9 Å². The highest BCUT2D eigenvalue weighted by molar-refractivity contribution is 6.30. The molecule has 0 fully saturated rings. The van der Waals surface area contributed by atoms with Gasteiger partial charge in [-0.25, -0.2) is 4.98 Å². The van der Waals surface area contributed by atoms with Gasteiger partial charge in [-0.15, -0.1) is 0 Å². The van der Waals surface area contributed by atoms with Gasteiger partial charge in [0.2, 0.25) is 0 Å². The second-order valence-corrected chi connectivity index (χ2v) is 6.57. The molecular formula is C23H17ClNO2-. The monoisotopic (exact) mass is 374 g/mol. The van der Waals surface area contributed by atoms with Crippen molar-refractivity contribution in [1.82, 2.24) is 4.98 Å². The molecule has 3 nitrogen and oxygen atoms in total. The maximum atomic E-state index is 12.7. The Hall–Kier alpha value is -3.04. The first-order valence-corrected chi connectivity index (χ1v) is 9.14. The molecule has 0 radical (unpaired) electrons. The summed E-state index contributed by atoms with van der Waals surface area (Å²) in [4.78, 5) is 4.75. The van der Waals surface area contributed by atoms with Crippen molar-refractivity contribution in [2.24, 2.45) is 0 Å². The van der Waals surface area contributed by atoms with E-state index in [0.717, 1.165) is 33.2 Å². The van der Waals surface area contributed by atoms with Crippen molar-refractivity contribution in [3.63, 3.8) is 0 Å². The van der Waals surface area contributed by atoms with E-state index in [1.54, 1.807) is 6.92 Å². The van der Waals surface area contributed by atoms with Crippen molar-refractivity contribution in [3.8, 4) is 22.4 Å². The van der Waals surface area contributed by atoms with Crippen LogP contribution in [0.25, 0.3) is 40.5 Å². The number of hydrogen-bond donors (Lipinski definition) is 0. The molecule has 0 saturated heterocycles. The van der Waals surface area contributed by atoms with E-state index in [4.69, 9.17) is 21.3 Å². The largest absolute Gasteiger partial charge is 0.612 e. The van der Waals surface area contributed by atoms with E-state index < -0.39 is 5.95 Å². The number of aromatic nitrogens is 1. The van der Waals surface area contributed by atoms with Gasteiger partial charge in [-0.1, -0.05) is 79.2 Å². The van der Waals surface area contributed by atoms with Gasteiger partial charge in [0.1, 0.15) is 0 Å². The van der Waals surface area contributed by atoms with Crippen LogP contribution in [0.1, 0.15) is 12.5 Å². The number of halogens is 1. The van der Waals surface area contributed by atoms with E-state index in [1.165, 1.54) is 0 Å². The lowest BCUT2D eigenvalue weighted by Gasteiger charge is -2.17. The third-order valence-electron chi connectivity index (χ3n) is 4.43. The standard InChI is InChI=1S/C23H18ClNO2/c1-2-27-23(26)22-20(15-8-4-3-5-9-15)18-12-7-13-19(18)21(25-22)16-10-6-11-17(24)14-16/h3-14,26H,2H2,1H3/p-1/b23-22-. The van der Waals surface area contributed by atoms with Crippen molar-refractivity contribution >= 4 is 29.7 Å². The fourth-order valence-corrected chi connectivity index (χ4v) is 3.49. The Balaban J connectivity index is 2.11. The zero-order valence-electron chi connectivity index (χ0n) is 14.8. The number of rotatable bonds is 4. The van der Waals surface area contributed by atoms with Crippen molar-refractivity contribution < 1.29 is 9.84 Å². The maximum Gasteiger partial charge on any atom is 0.0938 e. The molecule has 1 aliphatic carbocycles. The van der Waals surface area contributed by atoms with E-state index in [0.29, 0.717) is 17.0 Å². The van der Waals surface area contributed by atoms with Crippen molar-refractivity contribution in [2.75, 3.05) is 6.61 Å². The number of nitrogens with zero attached hydrogens (tertiary/aromatic N) is 1. The zero-order valence-corrected chi connectivity index (χ0v) is 15.5. The summed E-state index contributed by atoms with van der Waals surface area (Å²) in [5.74, 6) is -0.428. The minimum Gasteiger partial charge on any atom is -0.612 e. The predicted octanol–water partition coefficient (Wildman–Crippen LogP) is 3.34. The average Bonchev–Trinajstić information content (AvgIpc) is 3.17. The normalized spacial score (nSPS) is 13.1. The Labute approximate surface area is 162 Å². The molecule has 27 heavy (non-hydrogen) atoms. The number of pyridine rings is 1. The van der Waals surface area contributed by atoms with Crippen LogP contribution < -0.4 is 15.7 Å². The average molecular weight is 375 g/mol. The molecule has 2 aromatic carbocycles. The number of ether oxygens (including phenoxy) is 1.